The van der Waals surface area contributed by atoms with Gasteiger partial charge in [-0.3, -0.25) is 9.79 Å². The monoisotopic (exact) mass is 488 g/mol. The highest BCUT2D eigenvalue weighted by Crippen LogP contribution is 2.51. The Kier molecular flexibility index (Phi) is 5.61. The molecule has 8 heteroatoms. The molecular formula is C27H25F5N2O. The van der Waals surface area contributed by atoms with Crippen LogP contribution in [0.2, 0.25) is 0 Å². The SMILES string of the molecule is CC(F)(c1ccc2c(c1)CCC1CN(C(=O)C3=CN=CC3)CC21Cc1ccc(F)cc1)C(F)(F)F. The van der Waals surface area contributed by atoms with Gasteiger partial charge < -0.3 is 4.90 Å². The molecule has 1 fully saturated rings. The maximum atomic E-state index is 14.8. The highest BCUT2D eigenvalue weighted by atomic mass is 19.4. The molecule has 3 aliphatic rings. The van der Waals surface area contributed by atoms with E-state index in [0.29, 0.717) is 56.8 Å². The molecule has 2 aromatic carbocycles. The van der Waals surface area contributed by atoms with Gasteiger partial charge in [0.15, 0.2) is 0 Å². The molecule has 184 valence electrons. The van der Waals surface area contributed by atoms with Crippen LogP contribution in [0.4, 0.5) is 22.0 Å². The van der Waals surface area contributed by atoms with E-state index in [0.717, 1.165) is 11.1 Å². The van der Waals surface area contributed by atoms with Crippen molar-refractivity contribution in [2.24, 2.45) is 10.9 Å². The van der Waals surface area contributed by atoms with Crippen molar-refractivity contribution in [3.63, 3.8) is 0 Å². The van der Waals surface area contributed by atoms with E-state index in [-0.39, 0.29) is 17.6 Å². The number of halogens is 5. The van der Waals surface area contributed by atoms with E-state index >= 15 is 0 Å². The minimum atomic E-state index is -5.03. The molecule has 2 aromatic rings. The predicted molar refractivity (Wildman–Crippen MR) is 122 cm³/mol. The molecule has 0 radical (unpaired) electrons. The molecule has 2 aliphatic heterocycles. The zero-order valence-electron chi connectivity index (χ0n) is 19.2. The number of alkyl halides is 4. The van der Waals surface area contributed by atoms with E-state index < -0.39 is 22.8 Å². The van der Waals surface area contributed by atoms with E-state index in [1.54, 1.807) is 35.5 Å². The Morgan fingerprint density at radius 1 is 1.14 bits per heavy atom. The first-order chi connectivity index (χ1) is 16.5. The van der Waals surface area contributed by atoms with Gasteiger partial charge >= 0.3 is 6.18 Å². The fraction of sp³-hybridized carbons (Fsp3) is 0.407. The second kappa shape index (κ2) is 8.28. The Labute approximate surface area is 200 Å². The van der Waals surface area contributed by atoms with Gasteiger partial charge in [0.25, 0.3) is 5.91 Å². The number of carbonyl (C=O) groups is 1. The summed E-state index contributed by atoms with van der Waals surface area (Å²) in [6.45, 7) is 1.44. The number of fused-ring (bicyclic) bond motifs is 3. The van der Waals surface area contributed by atoms with Crippen LogP contribution >= 0.6 is 0 Å². The molecule has 1 amide bonds. The summed E-state index contributed by atoms with van der Waals surface area (Å²) in [6.07, 6.45) is 0.338. The van der Waals surface area contributed by atoms with Crippen LogP contribution in [0.5, 0.6) is 0 Å². The van der Waals surface area contributed by atoms with Crippen molar-refractivity contribution in [3.8, 4) is 0 Å². The quantitative estimate of drug-likeness (QED) is 0.500. The Morgan fingerprint density at radius 2 is 1.89 bits per heavy atom. The molecule has 3 nitrogen and oxygen atoms in total. The maximum absolute atomic E-state index is 14.8. The zero-order chi connectivity index (χ0) is 25.0. The molecule has 5 rings (SSSR count). The lowest BCUT2D eigenvalue weighted by molar-refractivity contribution is -0.228. The summed E-state index contributed by atoms with van der Waals surface area (Å²) in [7, 11) is 0. The number of amides is 1. The second-order valence-corrected chi connectivity index (χ2v) is 9.94. The summed E-state index contributed by atoms with van der Waals surface area (Å²) >= 11 is 0. The second-order valence-electron chi connectivity index (χ2n) is 9.94. The third-order valence-electron chi connectivity index (χ3n) is 7.82. The average molecular weight is 489 g/mol. The molecule has 3 unspecified atom stereocenters. The first kappa shape index (κ1) is 23.7. The maximum Gasteiger partial charge on any atom is 0.426 e. The van der Waals surface area contributed by atoms with Crippen LogP contribution in [0.15, 0.2) is 59.2 Å². The van der Waals surface area contributed by atoms with Gasteiger partial charge in [0.1, 0.15) is 5.82 Å². The molecule has 0 saturated carbocycles. The molecule has 35 heavy (non-hydrogen) atoms. The van der Waals surface area contributed by atoms with Crippen LogP contribution in [0.3, 0.4) is 0 Å². The molecule has 0 spiro atoms. The summed E-state index contributed by atoms with van der Waals surface area (Å²) in [5, 5.41) is 0. The smallest absolute Gasteiger partial charge is 0.338 e. The third-order valence-corrected chi connectivity index (χ3v) is 7.82. The van der Waals surface area contributed by atoms with Crippen molar-refractivity contribution < 1.29 is 26.7 Å². The van der Waals surface area contributed by atoms with Gasteiger partial charge in [-0.2, -0.15) is 13.2 Å². The zero-order valence-corrected chi connectivity index (χ0v) is 19.2. The average Bonchev–Trinajstić information content (AvgIpc) is 3.47. The van der Waals surface area contributed by atoms with Gasteiger partial charge in [-0.15, -0.1) is 0 Å². The highest BCUT2D eigenvalue weighted by molar-refractivity contribution is 5.98. The number of carbonyl (C=O) groups excluding carboxylic acids is 1. The summed E-state index contributed by atoms with van der Waals surface area (Å²) < 4.78 is 68.5. The minimum Gasteiger partial charge on any atom is -0.338 e. The molecule has 0 aromatic heterocycles. The third kappa shape index (κ3) is 3.96. The number of aliphatic imine (C=N–C) groups is 1. The van der Waals surface area contributed by atoms with Gasteiger partial charge in [-0.1, -0.05) is 30.3 Å². The molecule has 0 bridgehead atoms. The lowest BCUT2D eigenvalue weighted by Gasteiger charge is -2.41. The Morgan fingerprint density at radius 3 is 2.54 bits per heavy atom. The number of hydrogen-bond donors (Lipinski definition) is 0. The van der Waals surface area contributed by atoms with Crippen molar-refractivity contribution in [1.82, 2.24) is 4.90 Å². The van der Waals surface area contributed by atoms with E-state index in [9.17, 15) is 26.7 Å². The summed E-state index contributed by atoms with van der Waals surface area (Å²) in [6, 6.07) is 10.3. The number of nitrogens with zero attached hydrogens (tertiary/aromatic N) is 2. The fourth-order valence-corrected chi connectivity index (χ4v) is 5.83. The lowest BCUT2D eigenvalue weighted by atomic mass is 9.62. The van der Waals surface area contributed by atoms with Crippen LogP contribution in [0, 0.1) is 11.7 Å². The van der Waals surface area contributed by atoms with Crippen LogP contribution < -0.4 is 0 Å². The number of rotatable bonds is 4. The standard InChI is InChI=1S/C27H25F5N2O/c1-25(29,27(30,31)32)20-6-9-23-18(12-20)4-5-21-15-34(24(35)19-10-11-33-14-19)16-26(21,23)13-17-2-7-22(28)8-3-17/h2-3,6-9,11-12,14,21H,4-5,10,13,15-16H2,1H3. The predicted octanol–water partition coefficient (Wildman–Crippen LogP) is 5.82. The van der Waals surface area contributed by atoms with Crippen LogP contribution in [-0.2, 0) is 28.7 Å². The van der Waals surface area contributed by atoms with E-state index in [1.165, 1.54) is 24.3 Å². The lowest BCUT2D eigenvalue weighted by Crippen LogP contribution is -2.42. The van der Waals surface area contributed by atoms with Crippen molar-refractivity contribution >= 4 is 12.1 Å². The van der Waals surface area contributed by atoms with E-state index in [1.807, 2.05) is 0 Å². The van der Waals surface area contributed by atoms with Gasteiger partial charge in [-0.05, 0) is 66.5 Å². The molecule has 2 heterocycles. The van der Waals surface area contributed by atoms with Gasteiger partial charge in [0.2, 0.25) is 5.67 Å². The molecular weight excluding hydrogens is 463 g/mol. The minimum absolute atomic E-state index is 0.0668. The normalized spacial score (nSPS) is 25.1. The van der Waals surface area contributed by atoms with E-state index in [4.69, 9.17) is 0 Å². The molecule has 1 saturated heterocycles. The van der Waals surface area contributed by atoms with Gasteiger partial charge in [-0.25, -0.2) is 8.78 Å². The van der Waals surface area contributed by atoms with E-state index in [2.05, 4.69) is 4.99 Å². The summed E-state index contributed by atoms with van der Waals surface area (Å²) in [5.41, 5.74) is -1.46. The van der Waals surface area contributed by atoms with Crippen LogP contribution in [0.25, 0.3) is 0 Å². The number of aryl methyl sites for hydroxylation is 1. The summed E-state index contributed by atoms with van der Waals surface area (Å²) in [5.74, 6) is -0.388. The van der Waals surface area contributed by atoms with Crippen LogP contribution in [-0.4, -0.2) is 36.3 Å². The van der Waals surface area contributed by atoms with Gasteiger partial charge in [0, 0.05) is 42.9 Å². The highest BCUT2D eigenvalue weighted by Gasteiger charge is 2.55. The largest absolute Gasteiger partial charge is 0.426 e. The fourth-order valence-electron chi connectivity index (χ4n) is 5.83. The van der Waals surface area contributed by atoms with Crippen LogP contribution in [0.1, 0.15) is 42.0 Å². The topological polar surface area (TPSA) is 32.7 Å². The number of hydrogen-bond acceptors (Lipinski definition) is 2. The molecule has 1 aliphatic carbocycles. The van der Waals surface area contributed by atoms with Crippen molar-refractivity contribution in [2.45, 2.75) is 49.9 Å². The Bertz CT molecular complexity index is 1220. The molecule has 0 N–H and O–H groups in total. The molecule has 3 atom stereocenters. The van der Waals surface area contributed by atoms with Crippen molar-refractivity contribution in [3.05, 3.63) is 82.3 Å². The number of benzene rings is 2. The number of likely N-dealkylation sites (tertiary alicyclic amines) is 1. The summed E-state index contributed by atoms with van der Waals surface area (Å²) in [4.78, 5) is 19.0. The van der Waals surface area contributed by atoms with Crippen molar-refractivity contribution in [1.29, 1.82) is 0 Å². The Hall–Kier alpha value is -3.03. The first-order valence-corrected chi connectivity index (χ1v) is 11.7. The first-order valence-electron chi connectivity index (χ1n) is 11.7. The van der Waals surface area contributed by atoms with Gasteiger partial charge in [0.05, 0.1) is 0 Å². The Balaban J connectivity index is 1.56. The van der Waals surface area contributed by atoms with Crippen molar-refractivity contribution in [2.75, 3.05) is 13.1 Å².